The second-order valence-electron chi connectivity index (χ2n) is 4.75. The molecule has 0 unspecified atom stereocenters. The normalized spacial score (nSPS) is 15.1. The number of amides is 1. The van der Waals surface area contributed by atoms with Gasteiger partial charge in [-0.25, -0.2) is 13.1 Å². The molecule has 7 heteroatoms. The highest BCUT2D eigenvalue weighted by molar-refractivity contribution is 7.89. The van der Waals surface area contributed by atoms with E-state index in [1.165, 1.54) is 24.3 Å². The standard InChI is InChI=1S/C13H18N2O4S/c16-9-1-8-14-13(17)10-2-6-12(7-3-10)20(18,19)15-11-4-5-11/h2-3,6-7,11,15-16H,1,4-5,8-9H2,(H,14,17). The van der Waals surface area contributed by atoms with Crippen LogP contribution >= 0.6 is 0 Å². The topological polar surface area (TPSA) is 95.5 Å². The lowest BCUT2D eigenvalue weighted by Gasteiger charge is -2.07. The predicted molar refractivity (Wildman–Crippen MR) is 73.8 cm³/mol. The summed E-state index contributed by atoms with van der Waals surface area (Å²) in [6.45, 7) is 0.406. The van der Waals surface area contributed by atoms with Crippen molar-refractivity contribution in [2.45, 2.75) is 30.2 Å². The van der Waals surface area contributed by atoms with Gasteiger partial charge in [0.1, 0.15) is 0 Å². The molecule has 1 amide bonds. The Morgan fingerprint density at radius 3 is 2.45 bits per heavy atom. The molecule has 1 aliphatic carbocycles. The lowest BCUT2D eigenvalue weighted by Crippen LogP contribution is -2.26. The van der Waals surface area contributed by atoms with E-state index in [0.29, 0.717) is 18.5 Å². The van der Waals surface area contributed by atoms with Gasteiger partial charge in [0, 0.05) is 24.8 Å². The summed E-state index contributed by atoms with van der Waals surface area (Å²) >= 11 is 0. The highest BCUT2D eigenvalue weighted by atomic mass is 32.2. The van der Waals surface area contributed by atoms with Crippen LogP contribution in [0.1, 0.15) is 29.6 Å². The highest BCUT2D eigenvalue weighted by Gasteiger charge is 2.27. The number of carbonyl (C=O) groups is 1. The SMILES string of the molecule is O=C(NCCCO)c1ccc(S(=O)(=O)NC2CC2)cc1. The van der Waals surface area contributed by atoms with Gasteiger partial charge >= 0.3 is 0 Å². The molecule has 1 saturated carbocycles. The maximum absolute atomic E-state index is 11.9. The van der Waals surface area contributed by atoms with Crippen LogP contribution in [0.2, 0.25) is 0 Å². The minimum atomic E-state index is -3.48. The van der Waals surface area contributed by atoms with E-state index in [0.717, 1.165) is 12.8 Å². The Labute approximate surface area is 118 Å². The molecule has 1 aromatic rings. The summed E-state index contributed by atoms with van der Waals surface area (Å²) in [5.74, 6) is -0.280. The van der Waals surface area contributed by atoms with E-state index in [2.05, 4.69) is 10.0 Å². The van der Waals surface area contributed by atoms with Crippen molar-refractivity contribution in [1.29, 1.82) is 0 Å². The fourth-order valence-electron chi connectivity index (χ4n) is 1.66. The molecule has 6 nitrogen and oxygen atoms in total. The number of nitrogens with one attached hydrogen (secondary N) is 2. The van der Waals surface area contributed by atoms with Crippen LogP contribution in [0.15, 0.2) is 29.2 Å². The third kappa shape index (κ3) is 4.03. The predicted octanol–water partition coefficient (Wildman–Crippen LogP) is 0.239. The molecule has 20 heavy (non-hydrogen) atoms. The summed E-state index contributed by atoms with van der Waals surface area (Å²) < 4.78 is 26.5. The first kappa shape index (κ1) is 15.0. The lowest BCUT2D eigenvalue weighted by molar-refractivity contribution is 0.0951. The van der Waals surface area contributed by atoms with Crippen molar-refractivity contribution in [1.82, 2.24) is 10.0 Å². The molecule has 0 bridgehead atoms. The third-order valence-corrected chi connectivity index (χ3v) is 4.48. The van der Waals surface area contributed by atoms with E-state index < -0.39 is 10.0 Å². The van der Waals surface area contributed by atoms with Crippen molar-refractivity contribution in [3.05, 3.63) is 29.8 Å². The first-order valence-corrected chi connectivity index (χ1v) is 8.03. The number of benzene rings is 1. The molecule has 0 spiro atoms. The van der Waals surface area contributed by atoms with Crippen molar-refractivity contribution in [3.8, 4) is 0 Å². The zero-order valence-corrected chi connectivity index (χ0v) is 11.8. The maximum Gasteiger partial charge on any atom is 0.251 e. The molecular weight excluding hydrogens is 280 g/mol. The first-order valence-electron chi connectivity index (χ1n) is 6.54. The van der Waals surface area contributed by atoms with E-state index in [1.54, 1.807) is 0 Å². The molecule has 0 atom stereocenters. The van der Waals surface area contributed by atoms with E-state index in [-0.39, 0.29) is 23.5 Å². The molecule has 110 valence electrons. The Kier molecular flexibility index (Phi) is 4.74. The summed E-state index contributed by atoms with van der Waals surface area (Å²) in [6.07, 6.45) is 2.25. The third-order valence-electron chi connectivity index (χ3n) is 2.95. The Morgan fingerprint density at radius 2 is 1.90 bits per heavy atom. The molecular formula is C13H18N2O4S. The molecule has 1 fully saturated rings. The average Bonchev–Trinajstić information content (AvgIpc) is 3.22. The smallest absolute Gasteiger partial charge is 0.251 e. The summed E-state index contributed by atoms with van der Waals surface area (Å²) in [6, 6.07) is 5.87. The van der Waals surface area contributed by atoms with Crippen LogP contribution in [-0.2, 0) is 10.0 Å². The van der Waals surface area contributed by atoms with Crippen molar-refractivity contribution in [3.63, 3.8) is 0 Å². The summed E-state index contributed by atoms with van der Waals surface area (Å²) in [4.78, 5) is 11.9. The molecule has 1 aromatic carbocycles. The van der Waals surface area contributed by atoms with Gasteiger partial charge < -0.3 is 10.4 Å². The minimum absolute atomic E-state index is 0.0182. The molecule has 0 aromatic heterocycles. The molecule has 0 aliphatic heterocycles. The molecule has 0 heterocycles. The van der Waals surface area contributed by atoms with Crippen molar-refractivity contribution in [2.75, 3.05) is 13.2 Å². The minimum Gasteiger partial charge on any atom is -0.396 e. The number of hydrogen-bond donors (Lipinski definition) is 3. The van der Waals surface area contributed by atoms with Crippen LogP contribution in [-0.4, -0.2) is 38.6 Å². The van der Waals surface area contributed by atoms with E-state index in [9.17, 15) is 13.2 Å². The van der Waals surface area contributed by atoms with Crippen molar-refractivity contribution in [2.24, 2.45) is 0 Å². The second-order valence-corrected chi connectivity index (χ2v) is 6.47. The van der Waals surface area contributed by atoms with Crippen LogP contribution in [0.3, 0.4) is 0 Å². The number of sulfonamides is 1. The van der Waals surface area contributed by atoms with Crippen LogP contribution in [0.5, 0.6) is 0 Å². The Morgan fingerprint density at radius 1 is 1.25 bits per heavy atom. The monoisotopic (exact) mass is 298 g/mol. The summed E-state index contributed by atoms with van der Waals surface area (Å²) in [7, 11) is -3.48. The zero-order chi connectivity index (χ0) is 14.6. The van der Waals surface area contributed by atoms with Gasteiger partial charge in [0.25, 0.3) is 5.91 Å². The quantitative estimate of drug-likeness (QED) is 0.628. The van der Waals surface area contributed by atoms with Crippen LogP contribution in [0.25, 0.3) is 0 Å². The van der Waals surface area contributed by atoms with Gasteiger partial charge in [0.05, 0.1) is 4.90 Å². The van der Waals surface area contributed by atoms with Gasteiger partial charge in [-0.3, -0.25) is 4.79 Å². The van der Waals surface area contributed by atoms with Crippen molar-refractivity contribution >= 4 is 15.9 Å². The summed E-state index contributed by atoms with van der Waals surface area (Å²) in [5, 5.41) is 11.3. The highest BCUT2D eigenvalue weighted by Crippen LogP contribution is 2.22. The van der Waals surface area contributed by atoms with Gasteiger partial charge in [0.2, 0.25) is 10.0 Å². The molecule has 1 aliphatic rings. The number of rotatable bonds is 7. The average molecular weight is 298 g/mol. The number of carbonyl (C=O) groups excluding carboxylic acids is 1. The molecule has 2 rings (SSSR count). The van der Waals surface area contributed by atoms with Gasteiger partial charge in [-0.15, -0.1) is 0 Å². The number of aliphatic hydroxyl groups excluding tert-OH is 1. The molecule has 0 radical (unpaired) electrons. The van der Waals surface area contributed by atoms with Gasteiger partial charge in [-0.2, -0.15) is 0 Å². The zero-order valence-electron chi connectivity index (χ0n) is 11.0. The van der Waals surface area contributed by atoms with Gasteiger partial charge in [-0.1, -0.05) is 0 Å². The molecule has 3 N–H and O–H groups in total. The van der Waals surface area contributed by atoms with E-state index >= 15 is 0 Å². The largest absolute Gasteiger partial charge is 0.396 e. The Balaban J connectivity index is 2.00. The Bertz CT molecular complexity index is 565. The second kappa shape index (κ2) is 6.34. The number of aliphatic hydroxyl groups is 1. The van der Waals surface area contributed by atoms with Gasteiger partial charge in [-0.05, 0) is 43.5 Å². The van der Waals surface area contributed by atoms with E-state index in [4.69, 9.17) is 5.11 Å². The number of hydrogen-bond acceptors (Lipinski definition) is 4. The van der Waals surface area contributed by atoms with Crippen molar-refractivity contribution < 1.29 is 18.3 Å². The van der Waals surface area contributed by atoms with Gasteiger partial charge in [0.15, 0.2) is 0 Å². The Hall–Kier alpha value is -1.44. The van der Waals surface area contributed by atoms with Crippen LogP contribution < -0.4 is 10.0 Å². The van der Waals surface area contributed by atoms with Crippen LogP contribution in [0.4, 0.5) is 0 Å². The fraction of sp³-hybridized carbons (Fsp3) is 0.462. The lowest BCUT2D eigenvalue weighted by atomic mass is 10.2. The summed E-state index contributed by atoms with van der Waals surface area (Å²) in [5.41, 5.74) is 0.397. The van der Waals surface area contributed by atoms with E-state index in [1.807, 2.05) is 0 Å². The van der Waals surface area contributed by atoms with Crippen LogP contribution in [0, 0.1) is 0 Å². The fourth-order valence-corrected chi connectivity index (χ4v) is 2.96. The first-order chi connectivity index (χ1) is 9.53. The maximum atomic E-state index is 11.9. The molecule has 0 saturated heterocycles.